The average Bonchev–Trinajstić information content (AvgIpc) is 2.67. The lowest BCUT2D eigenvalue weighted by Gasteiger charge is -2.53. The van der Waals surface area contributed by atoms with Crippen molar-refractivity contribution in [1.82, 2.24) is 0 Å². The van der Waals surface area contributed by atoms with E-state index in [1.165, 1.54) is 6.07 Å². The summed E-state index contributed by atoms with van der Waals surface area (Å²) in [4.78, 5) is 63.5. The van der Waals surface area contributed by atoms with E-state index in [0.717, 1.165) is 0 Å². The molecule has 0 aromatic heterocycles. The van der Waals surface area contributed by atoms with Crippen molar-refractivity contribution in [2.75, 3.05) is 11.5 Å². The number of fused-ring (bicyclic) bond motifs is 3. The summed E-state index contributed by atoms with van der Waals surface area (Å²) in [5.41, 5.74) is 13.6. The summed E-state index contributed by atoms with van der Waals surface area (Å²) in [5, 5.41) is 32.6. The fourth-order valence-corrected chi connectivity index (χ4v) is 5.56. The van der Waals surface area contributed by atoms with Crippen molar-refractivity contribution >= 4 is 40.4 Å². The number of carbonyl (C=O) groups excluding carboxylic acids is 5. The number of phenols is 1. The number of phenolic OH excluding ortho intramolecular Hbond substituents is 1. The molecule has 9 N–H and O–H groups in total. The Kier molecular flexibility index (Phi) is 4.29. The largest absolute Gasteiger partial charge is 0.505 e. The fraction of sp³-hybridized carbons (Fsp3) is 0.450. The van der Waals surface area contributed by atoms with Crippen molar-refractivity contribution in [3.05, 3.63) is 17.2 Å². The quantitative estimate of drug-likeness (QED) is 0.124. The molecule has 0 heterocycles. The number of rotatable bonds is 1. The Hall–Kier alpha value is -3.31. The maximum atomic E-state index is 13.4. The number of anilines is 2. The van der Waals surface area contributed by atoms with Crippen molar-refractivity contribution in [3.63, 3.8) is 0 Å². The lowest BCUT2D eigenvalue weighted by Crippen LogP contribution is -2.72. The molecular formula is C20H21N3O8. The van der Waals surface area contributed by atoms with Crippen LogP contribution in [0.25, 0.3) is 0 Å². The monoisotopic (exact) mass is 431 g/mol. The normalized spacial score (nSPS) is 37.1. The third-order valence-electron chi connectivity index (χ3n) is 7.01. The molecular weight excluding hydrogens is 410 g/mol. The minimum Gasteiger partial charge on any atom is -0.505 e. The summed E-state index contributed by atoms with van der Waals surface area (Å²) in [6, 6.07) is 1.25. The Labute approximate surface area is 175 Å². The maximum absolute atomic E-state index is 13.4. The number of nitrogen functional groups attached to an aromatic ring is 2. The van der Waals surface area contributed by atoms with Crippen LogP contribution in [0.3, 0.4) is 0 Å². The molecule has 164 valence electrons. The molecule has 4 rings (SSSR count). The number of hydrogen-bond donors (Lipinski definition) is 6. The summed E-state index contributed by atoms with van der Waals surface area (Å²) < 4.78 is 0. The molecule has 3 aliphatic carbocycles. The van der Waals surface area contributed by atoms with Crippen LogP contribution in [0.1, 0.15) is 35.2 Å². The second kappa shape index (κ2) is 6.34. The van der Waals surface area contributed by atoms with Gasteiger partial charge in [-0.2, -0.15) is 0 Å². The average molecular weight is 431 g/mol. The van der Waals surface area contributed by atoms with Crippen molar-refractivity contribution < 1.29 is 39.3 Å². The highest BCUT2D eigenvalue weighted by Crippen LogP contribution is 2.55. The SMILES string of the molecule is C[C@H]1c2c(N)cc(N)c(O)c2C(=O)C2C(=O)[C@]3(O)C(=O)C(C(N)=O)C(=O)C[C@@H]3[C@H](O)[C@@H]21. The van der Waals surface area contributed by atoms with Crippen LogP contribution in [0.15, 0.2) is 6.07 Å². The van der Waals surface area contributed by atoms with E-state index in [2.05, 4.69) is 0 Å². The summed E-state index contributed by atoms with van der Waals surface area (Å²) in [7, 11) is 0. The van der Waals surface area contributed by atoms with Crippen molar-refractivity contribution in [1.29, 1.82) is 0 Å². The van der Waals surface area contributed by atoms with Crippen LogP contribution in [-0.2, 0) is 19.2 Å². The number of Topliss-reactive ketones (excluding diaryl/α,β-unsaturated/α-hetero) is 4. The smallest absolute Gasteiger partial charge is 0.235 e. The van der Waals surface area contributed by atoms with E-state index in [0.29, 0.717) is 0 Å². The molecule has 2 saturated carbocycles. The Morgan fingerprint density at radius 3 is 2.32 bits per heavy atom. The first-order valence-corrected chi connectivity index (χ1v) is 9.61. The standard InChI is InChI=1S/C20H21N3O8/c1-4-9-6(21)3-7(22)15(26)12(9)16(27)13-10(4)14(25)5-2-8(24)11(19(23)30)17(28)20(5,31)18(13)29/h3-5,10-11,13-14,25-26,31H,2,21-22H2,1H3,(H2,23,30)/t4-,5+,10+,11?,13?,14-,20+/m0/s1. The number of nitrogens with two attached hydrogens (primary N) is 3. The highest BCUT2D eigenvalue weighted by atomic mass is 16.3. The minimum absolute atomic E-state index is 0.0645. The Bertz CT molecular complexity index is 1100. The second-order valence-electron chi connectivity index (χ2n) is 8.50. The molecule has 11 heteroatoms. The van der Waals surface area contributed by atoms with Gasteiger partial charge in [0, 0.05) is 23.9 Å². The van der Waals surface area contributed by atoms with Gasteiger partial charge in [-0.15, -0.1) is 0 Å². The van der Waals surface area contributed by atoms with Gasteiger partial charge in [0.15, 0.2) is 34.7 Å². The van der Waals surface area contributed by atoms with E-state index in [1.807, 2.05) is 0 Å². The lowest BCUT2D eigenvalue weighted by molar-refractivity contribution is -0.189. The van der Waals surface area contributed by atoms with Gasteiger partial charge in [-0.05, 0) is 17.5 Å². The van der Waals surface area contributed by atoms with E-state index in [-0.39, 0.29) is 22.5 Å². The first-order chi connectivity index (χ1) is 14.3. The number of hydrogen-bond acceptors (Lipinski definition) is 10. The molecule has 0 spiro atoms. The predicted octanol–water partition coefficient (Wildman–Crippen LogP) is -1.98. The van der Waals surface area contributed by atoms with Gasteiger partial charge in [-0.1, -0.05) is 6.92 Å². The Morgan fingerprint density at radius 1 is 1.13 bits per heavy atom. The van der Waals surface area contributed by atoms with E-state index in [1.54, 1.807) is 6.92 Å². The van der Waals surface area contributed by atoms with Gasteiger partial charge in [0.1, 0.15) is 5.75 Å². The third-order valence-corrected chi connectivity index (χ3v) is 7.01. The molecule has 3 aliphatic rings. The summed E-state index contributed by atoms with van der Waals surface area (Å²) >= 11 is 0. The van der Waals surface area contributed by atoms with E-state index in [4.69, 9.17) is 17.2 Å². The van der Waals surface area contributed by atoms with Crippen molar-refractivity contribution in [3.8, 4) is 5.75 Å². The van der Waals surface area contributed by atoms with E-state index in [9.17, 15) is 39.3 Å². The highest BCUT2D eigenvalue weighted by molar-refractivity contribution is 6.31. The molecule has 31 heavy (non-hydrogen) atoms. The van der Waals surface area contributed by atoms with Gasteiger partial charge in [0.05, 0.1) is 23.3 Å². The fourth-order valence-electron chi connectivity index (χ4n) is 5.56. The summed E-state index contributed by atoms with van der Waals surface area (Å²) in [6.07, 6.45) is -2.29. The van der Waals surface area contributed by atoms with Gasteiger partial charge in [0.2, 0.25) is 5.91 Å². The van der Waals surface area contributed by atoms with Crippen LogP contribution in [0.4, 0.5) is 11.4 Å². The Morgan fingerprint density at radius 2 is 1.74 bits per heavy atom. The predicted molar refractivity (Wildman–Crippen MR) is 103 cm³/mol. The highest BCUT2D eigenvalue weighted by Gasteiger charge is 2.70. The molecule has 0 radical (unpaired) electrons. The van der Waals surface area contributed by atoms with E-state index < -0.39 is 82.5 Å². The Balaban J connectivity index is 1.93. The number of amides is 1. The van der Waals surface area contributed by atoms with Crippen LogP contribution < -0.4 is 17.2 Å². The zero-order chi connectivity index (χ0) is 23.2. The minimum atomic E-state index is -2.96. The van der Waals surface area contributed by atoms with Crippen LogP contribution in [-0.4, -0.2) is 56.1 Å². The number of aliphatic hydroxyl groups is 2. The van der Waals surface area contributed by atoms with Gasteiger partial charge >= 0.3 is 0 Å². The number of aliphatic hydroxyl groups excluding tert-OH is 1. The zero-order valence-corrected chi connectivity index (χ0v) is 16.4. The van der Waals surface area contributed by atoms with E-state index >= 15 is 0 Å². The third kappa shape index (κ3) is 2.38. The molecule has 7 atom stereocenters. The first-order valence-electron chi connectivity index (χ1n) is 9.61. The van der Waals surface area contributed by atoms with Gasteiger partial charge < -0.3 is 32.5 Å². The molecule has 0 saturated heterocycles. The molecule has 2 unspecified atom stereocenters. The maximum Gasteiger partial charge on any atom is 0.235 e. The summed E-state index contributed by atoms with van der Waals surface area (Å²) in [5.74, 6) is -13.8. The topological polar surface area (TPSA) is 224 Å². The number of primary amides is 1. The van der Waals surface area contributed by atoms with Crippen LogP contribution in [0.2, 0.25) is 0 Å². The van der Waals surface area contributed by atoms with Crippen LogP contribution in [0.5, 0.6) is 5.75 Å². The molecule has 11 nitrogen and oxygen atoms in total. The molecule has 1 aromatic carbocycles. The number of benzene rings is 1. The zero-order valence-electron chi connectivity index (χ0n) is 16.4. The summed E-state index contributed by atoms with van der Waals surface area (Å²) in [6.45, 7) is 1.56. The van der Waals surface area contributed by atoms with Crippen LogP contribution >= 0.6 is 0 Å². The lowest BCUT2D eigenvalue weighted by atomic mass is 9.50. The first kappa shape index (κ1) is 20.9. The molecule has 2 fully saturated rings. The van der Waals surface area contributed by atoms with Gasteiger partial charge in [-0.3, -0.25) is 24.0 Å². The molecule has 1 amide bonds. The van der Waals surface area contributed by atoms with Crippen LogP contribution in [0, 0.1) is 23.7 Å². The molecule has 0 bridgehead atoms. The van der Waals surface area contributed by atoms with Crippen molar-refractivity contribution in [2.24, 2.45) is 29.4 Å². The molecule has 1 aromatic rings. The van der Waals surface area contributed by atoms with Gasteiger partial charge in [-0.25, -0.2) is 0 Å². The number of carbonyl (C=O) groups is 5. The molecule has 0 aliphatic heterocycles. The van der Waals surface area contributed by atoms with Crippen molar-refractivity contribution in [2.45, 2.75) is 31.0 Å². The number of ketones is 4. The number of aromatic hydroxyl groups is 1. The second-order valence-corrected chi connectivity index (χ2v) is 8.50. The van der Waals surface area contributed by atoms with Gasteiger partial charge in [0.25, 0.3) is 0 Å².